The van der Waals surface area contributed by atoms with Gasteiger partial charge in [0.05, 0.1) is 27.8 Å². The molecule has 12 aromatic rings. The van der Waals surface area contributed by atoms with Crippen LogP contribution in [-0.4, -0.2) is 14.5 Å². The predicted octanol–water partition coefficient (Wildman–Crippen LogP) is 16.3. The largest absolute Gasteiger partial charge is 0.438 e. The topological polar surface area (TPSA) is 43.9 Å². The Morgan fingerprint density at radius 3 is 1.88 bits per heavy atom. The molecule has 0 N–H and O–H groups in total. The molecule has 3 aromatic heterocycles. The van der Waals surface area contributed by atoms with Gasteiger partial charge in [-0.2, -0.15) is 4.98 Å². The van der Waals surface area contributed by atoms with Gasteiger partial charge in [0.15, 0.2) is 5.82 Å². The molecule has 0 amide bonds. The molecule has 13 rings (SSSR count). The zero-order chi connectivity index (χ0) is 42.9. The Hall–Kier alpha value is -7.56. The van der Waals surface area contributed by atoms with Gasteiger partial charge >= 0.3 is 0 Å². The second-order valence-electron chi connectivity index (χ2n) is 19.2. The number of hydrogen-bond acceptors (Lipinski definition) is 3. The van der Waals surface area contributed by atoms with Crippen molar-refractivity contribution in [3.05, 3.63) is 187 Å². The second kappa shape index (κ2) is 13.5. The van der Waals surface area contributed by atoms with E-state index in [2.05, 4.69) is 196 Å². The van der Waals surface area contributed by atoms with Crippen molar-refractivity contribution in [2.45, 2.75) is 51.4 Å². The summed E-state index contributed by atoms with van der Waals surface area (Å²) in [5.74, 6) is 0.633. The molecular weight excluding hydrogens is 779 g/mol. The van der Waals surface area contributed by atoms with Crippen LogP contribution < -0.4 is 0 Å². The van der Waals surface area contributed by atoms with E-state index < -0.39 is 0 Å². The van der Waals surface area contributed by atoms with Crippen molar-refractivity contribution in [1.82, 2.24) is 14.5 Å². The minimum Gasteiger partial charge on any atom is -0.438 e. The van der Waals surface area contributed by atoms with Gasteiger partial charge in [-0.3, -0.25) is 0 Å². The maximum absolute atomic E-state index is 6.57. The molecule has 1 aliphatic rings. The quantitative estimate of drug-likeness (QED) is 0.178. The van der Waals surface area contributed by atoms with E-state index in [4.69, 9.17) is 14.4 Å². The highest BCUT2D eigenvalue weighted by atomic mass is 16.3. The fraction of sp³-hybridized carbons (Fsp3) is 0.133. The molecule has 0 bridgehead atoms. The summed E-state index contributed by atoms with van der Waals surface area (Å²) in [6.45, 7) is 9.69. The van der Waals surface area contributed by atoms with Crippen LogP contribution in [0.15, 0.2) is 180 Å². The van der Waals surface area contributed by atoms with Gasteiger partial charge in [-0.25, -0.2) is 4.98 Å². The molecule has 9 aromatic carbocycles. The normalized spacial score (nSPS) is 14.7. The third-order valence-electron chi connectivity index (χ3n) is 14.5. The second-order valence-corrected chi connectivity index (χ2v) is 19.2. The van der Waals surface area contributed by atoms with Gasteiger partial charge in [-0.1, -0.05) is 173 Å². The average Bonchev–Trinajstić information content (AvgIpc) is 3.87. The predicted molar refractivity (Wildman–Crippen MR) is 268 cm³/mol. The number of fused-ring (bicyclic) bond motifs is 11. The van der Waals surface area contributed by atoms with Gasteiger partial charge in [0.25, 0.3) is 0 Å². The molecule has 306 valence electrons. The van der Waals surface area contributed by atoms with Crippen molar-refractivity contribution in [1.29, 1.82) is 0 Å². The zero-order valence-electron chi connectivity index (χ0n) is 36.4. The number of hydrogen-bond donors (Lipinski definition) is 0. The lowest BCUT2D eigenvalue weighted by molar-refractivity contribution is 0.332. The van der Waals surface area contributed by atoms with Crippen LogP contribution in [0.5, 0.6) is 0 Å². The van der Waals surface area contributed by atoms with E-state index in [0.29, 0.717) is 11.5 Å². The standard InChI is InChI=1S/C60H45N3O/c1-59(2)32-33-60(3,4)50-35-52-48(34-49(50)59)45-29-28-37-15-6-8-18-42(37)56(45)63(52)51-31-30-46(43-19-9-10-20-44(43)51)57-61-55(54-47-21-11-12-23-53(47)64-58(54)62-57)39-26-24-38(25-27-39)41-22-13-16-36-14-5-7-17-40(36)41/h5-31,34-35H,32-33H2,1-4H3. The van der Waals surface area contributed by atoms with E-state index in [1.165, 1.54) is 66.5 Å². The Labute approximate surface area is 371 Å². The van der Waals surface area contributed by atoms with Gasteiger partial charge in [0.1, 0.15) is 5.58 Å². The highest BCUT2D eigenvalue weighted by molar-refractivity contribution is 6.20. The molecule has 4 heteroatoms. The fourth-order valence-corrected chi connectivity index (χ4v) is 11.0. The SMILES string of the molecule is CC1(C)CCC(C)(C)c2cc3c(cc21)c1ccc2ccccc2c1n3-c1ccc(-c2nc(-c3ccc(-c4cccc5ccccc45)cc3)c3c(n2)oc2ccccc23)c2ccccc12. The molecule has 0 spiro atoms. The smallest absolute Gasteiger partial charge is 0.231 e. The maximum Gasteiger partial charge on any atom is 0.231 e. The summed E-state index contributed by atoms with van der Waals surface area (Å²) in [4.78, 5) is 10.7. The van der Waals surface area contributed by atoms with Crippen LogP contribution in [0.4, 0.5) is 0 Å². The molecule has 3 heterocycles. The number of para-hydroxylation sites is 1. The van der Waals surface area contributed by atoms with Crippen molar-refractivity contribution in [3.8, 4) is 39.5 Å². The van der Waals surface area contributed by atoms with Gasteiger partial charge < -0.3 is 8.98 Å². The van der Waals surface area contributed by atoms with Crippen molar-refractivity contribution in [2.75, 3.05) is 0 Å². The highest BCUT2D eigenvalue weighted by Gasteiger charge is 2.38. The van der Waals surface area contributed by atoms with Crippen LogP contribution >= 0.6 is 0 Å². The Kier molecular flexibility index (Phi) is 7.80. The minimum atomic E-state index is 0.0644. The molecule has 0 saturated carbocycles. The third kappa shape index (κ3) is 5.42. The fourth-order valence-electron chi connectivity index (χ4n) is 11.0. The molecule has 0 radical (unpaired) electrons. The van der Waals surface area contributed by atoms with Crippen LogP contribution in [0.3, 0.4) is 0 Å². The first-order chi connectivity index (χ1) is 31.2. The van der Waals surface area contributed by atoms with Gasteiger partial charge in [-0.15, -0.1) is 0 Å². The van der Waals surface area contributed by atoms with E-state index in [0.717, 1.165) is 61.6 Å². The zero-order valence-corrected chi connectivity index (χ0v) is 36.4. The average molecular weight is 824 g/mol. The number of benzene rings is 9. The molecule has 4 nitrogen and oxygen atoms in total. The molecule has 64 heavy (non-hydrogen) atoms. The molecular formula is C60H45N3O. The lowest BCUT2D eigenvalue weighted by Gasteiger charge is -2.42. The molecule has 1 aliphatic carbocycles. The summed E-state index contributed by atoms with van der Waals surface area (Å²) in [7, 11) is 0. The molecule has 0 unspecified atom stereocenters. The summed E-state index contributed by atoms with van der Waals surface area (Å²) in [5, 5.41) is 11.7. The van der Waals surface area contributed by atoms with Gasteiger partial charge in [-0.05, 0) is 97.8 Å². The van der Waals surface area contributed by atoms with Crippen molar-refractivity contribution < 1.29 is 4.42 Å². The van der Waals surface area contributed by atoms with Gasteiger partial charge in [0.2, 0.25) is 5.71 Å². The first-order valence-corrected chi connectivity index (χ1v) is 22.5. The number of aromatic nitrogens is 3. The maximum atomic E-state index is 6.57. The summed E-state index contributed by atoms with van der Waals surface area (Å²) < 4.78 is 9.12. The lowest BCUT2D eigenvalue weighted by atomic mass is 9.63. The van der Waals surface area contributed by atoms with Crippen LogP contribution in [0.2, 0.25) is 0 Å². The van der Waals surface area contributed by atoms with Crippen molar-refractivity contribution in [2.24, 2.45) is 0 Å². The third-order valence-corrected chi connectivity index (χ3v) is 14.5. The minimum absolute atomic E-state index is 0.0644. The van der Waals surface area contributed by atoms with Crippen molar-refractivity contribution in [3.63, 3.8) is 0 Å². The number of rotatable bonds is 4. The van der Waals surface area contributed by atoms with E-state index in [1.54, 1.807) is 0 Å². The Morgan fingerprint density at radius 2 is 1.09 bits per heavy atom. The Bertz CT molecular complexity index is 3900. The molecule has 0 saturated heterocycles. The van der Waals surface area contributed by atoms with Crippen molar-refractivity contribution >= 4 is 76.2 Å². The Balaban J connectivity index is 1.05. The highest BCUT2D eigenvalue weighted by Crippen LogP contribution is 2.50. The van der Waals surface area contributed by atoms with Crippen LogP contribution in [0.25, 0.3) is 116 Å². The van der Waals surface area contributed by atoms with Gasteiger partial charge in [0, 0.05) is 38.1 Å². The van der Waals surface area contributed by atoms with E-state index in [1.807, 2.05) is 12.1 Å². The number of furan rings is 1. The summed E-state index contributed by atoms with van der Waals surface area (Å²) in [6.07, 6.45) is 2.33. The first kappa shape index (κ1) is 37.0. The lowest BCUT2D eigenvalue weighted by Crippen LogP contribution is -2.33. The van der Waals surface area contributed by atoms with Crippen LogP contribution in [0, 0.1) is 0 Å². The molecule has 0 fully saturated rings. The molecule has 0 atom stereocenters. The summed E-state index contributed by atoms with van der Waals surface area (Å²) >= 11 is 0. The first-order valence-electron chi connectivity index (χ1n) is 22.5. The van der Waals surface area contributed by atoms with E-state index in [9.17, 15) is 0 Å². The van der Waals surface area contributed by atoms with E-state index >= 15 is 0 Å². The molecule has 0 aliphatic heterocycles. The van der Waals surface area contributed by atoms with Crippen LogP contribution in [0.1, 0.15) is 51.7 Å². The number of nitrogens with zero attached hydrogens (tertiary/aromatic N) is 3. The summed E-state index contributed by atoms with van der Waals surface area (Å²) in [6, 6.07) is 63.9. The Morgan fingerprint density at radius 1 is 0.469 bits per heavy atom. The van der Waals surface area contributed by atoms with Crippen LogP contribution in [-0.2, 0) is 10.8 Å². The summed E-state index contributed by atoms with van der Waals surface area (Å²) in [5.41, 5.74) is 13.3. The monoisotopic (exact) mass is 823 g/mol. The van der Waals surface area contributed by atoms with E-state index in [-0.39, 0.29) is 10.8 Å².